The van der Waals surface area contributed by atoms with Crippen molar-refractivity contribution >= 4 is 11.9 Å². The van der Waals surface area contributed by atoms with Crippen molar-refractivity contribution in [2.75, 3.05) is 14.2 Å². The third kappa shape index (κ3) is 8.13. The van der Waals surface area contributed by atoms with E-state index in [0.29, 0.717) is 24.2 Å². The SMILES string of the molecule is CCc1c(C(=O)OCc2ccccc2)[nH]c(C(CCCc2cc(OC)ccc2OC)c2[nH]c(C(=O)OCc3ccccc3)c(CC)c2C)c1C. The molecule has 8 nitrogen and oxygen atoms in total. The van der Waals surface area contributed by atoms with Gasteiger partial charge in [0.2, 0.25) is 0 Å². The van der Waals surface area contributed by atoms with Crippen molar-refractivity contribution in [1.29, 1.82) is 0 Å². The van der Waals surface area contributed by atoms with Crippen LogP contribution in [0, 0.1) is 13.8 Å². The molecule has 0 saturated carbocycles. The summed E-state index contributed by atoms with van der Waals surface area (Å²) in [6.07, 6.45) is 3.59. The lowest BCUT2D eigenvalue weighted by molar-refractivity contribution is 0.0456. The molecule has 0 saturated heterocycles. The van der Waals surface area contributed by atoms with Gasteiger partial charge in [0.25, 0.3) is 0 Å². The molecule has 0 fully saturated rings. The first-order valence-electron chi connectivity index (χ1n) is 17.3. The van der Waals surface area contributed by atoms with Crippen molar-refractivity contribution in [3.05, 3.63) is 141 Å². The minimum atomic E-state index is -0.387. The van der Waals surface area contributed by atoms with Crippen LogP contribution in [0.15, 0.2) is 78.9 Å². The molecule has 0 aliphatic carbocycles. The molecule has 2 N–H and O–H groups in total. The average molecular weight is 677 g/mol. The van der Waals surface area contributed by atoms with Crippen LogP contribution in [0.4, 0.5) is 0 Å². The smallest absolute Gasteiger partial charge is 0.355 e. The molecule has 5 aromatic rings. The Labute approximate surface area is 295 Å². The first-order valence-corrected chi connectivity index (χ1v) is 17.3. The lowest BCUT2D eigenvalue weighted by Gasteiger charge is -2.19. The summed E-state index contributed by atoms with van der Waals surface area (Å²) in [5.74, 6) is 0.636. The highest BCUT2D eigenvalue weighted by molar-refractivity contribution is 5.91. The quantitative estimate of drug-likeness (QED) is 0.101. The Bertz CT molecular complexity index is 1780. The number of aromatic nitrogens is 2. The van der Waals surface area contributed by atoms with Gasteiger partial charge in [-0.2, -0.15) is 0 Å². The first kappa shape index (κ1) is 36.1. The van der Waals surface area contributed by atoms with Crippen LogP contribution >= 0.6 is 0 Å². The molecule has 0 aliphatic heterocycles. The minimum Gasteiger partial charge on any atom is -0.497 e. The molecule has 0 spiro atoms. The van der Waals surface area contributed by atoms with Gasteiger partial charge in [-0.25, -0.2) is 9.59 Å². The number of carbonyl (C=O) groups is 2. The Morgan fingerprint density at radius 1 is 0.680 bits per heavy atom. The number of hydrogen-bond donors (Lipinski definition) is 2. The molecule has 0 aliphatic rings. The number of hydrogen-bond acceptors (Lipinski definition) is 6. The standard InChI is InChI=1S/C42H48N2O6/c1-7-33-27(3)37(43-39(33)41(45)49-25-29-16-11-9-12-17-29)35(21-15-20-31-24-32(47-5)22-23-36(31)48-6)38-28(4)34(8-2)40(44-38)42(46)50-26-30-18-13-10-14-19-30/h9-14,16-19,22-24,35,43-44H,7-8,15,20-21,25-26H2,1-6H3. The predicted molar refractivity (Wildman–Crippen MR) is 195 cm³/mol. The van der Waals surface area contributed by atoms with Gasteiger partial charge in [0.05, 0.1) is 14.2 Å². The number of aryl methyl sites for hydroxylation is 1. The number of aromatic amines is 2. The summed E-state index contributed by atoms with van der Waals surface area (Å²) in [5.41, 5.74) is 9.60. The van der Waals surface area contributed by atoms with E-state index < -0.39 is 0 Å². The van der Waals surface area contributed by atoms with Crippen LogP contribution in [0.1, 0.15) is 104 Å². The number of benzene rings is 3. The van der Waals surface area contributed by atoms with E-state index in [1.54, 1.807) is 14.2 Å². The zero-order valence-corrected chi connectivity index (χ0v) is 30.0. The van der Waals surface area contributed by atoms with Crippen LogP contribution < -0.4 is 9.47 Å². The minimum absolute atomic E-state index is 0.173. The molecular formula is C42H48N2O6. The van der Waals surface area contributed by atoms with E-state index in [1.807, 2.05) is 92.7 Å². The zero-order chi connectivity index (χ0) is 35.6. The topological polar surface area (TPSA) is 103 Å². The van der Waals surface area contributed by atoms with Gasteiger partial charge in [-0.15, -0.1) is 0 Å². The van der Waals surface area contributed by atoms with Crippen molar-refractivity contribution in [1.82, 2.24) is 9.97 Å². The fourth-order valence-corrected chi connectivity index (χ4v) is 6.83. The molecule has 0 radical (unpaired) electrons. The van der Waals surface area contributed by atoms with Crippen LogP contribution in [0.3, 0.4) is 0 Å². The highest BCUT2D eigenvalue weighted by Crippen LogP contribution is 2.38. The third-order valence-corrected chi connectivity index (χ3v) is 9.50. The Balaban J connectivity index is 1.50. The average Bonchev–Trinajstić information content (AvgIpc) is 3.67. The number of ether oxygens (including phenoxy) is 4. The summed E-state index contributed by atoms with van der Waals surface area (Å²) in [6, 6.07) is 25.2. The molecule has 8 heteroatoms. The van der Waals surface area contributed by atoms with Crippen molar-refractivity contribution in [2.45, 2.75) is 78.9 Å². The van der Waals surface area contributed by atoms with Gasteiger partial charge in [-0.1, -0.05) is 74.5 Å². The second-order valence-corrected chi connectivity index (χ2v) is 12.5. The summed E-state index contributed by atoms with van der Waals surface area (Å²) >= 11 is 0. The van der Waals surface area contributed by atoms with Crippen LogP contribution in [0.5, 0.6) is 11.5 Å². The van der Waals surface area contributed by atoms with E-state index in [-0.39, 0.29) is 31.1 Å². The third-order valence-electron chi connectivity index (χ3n) is 9.50. The molecule has 2 aromatic heterocycles. The van der Waals surface area contributed by atoms with Gasteiger partial charge < -0.3 is 28.9 Å². The highest BCUT2D eigenvalue weighted by Gasteiger charge is 2.30. The Morgan fingerprint density at radius 2 is 1.18 bits per heavy atom. The predicted octanol–water partition coefficient (Wildman–Crippen LogP) is 8.97. The maximum Gasteiger partial charge on any atom is 0.355 e. The number of esters is 2. The van der Waals surface area contributed by atoms with Crippen LogP contribution in [0.2, 0.25) is 0 Å². The summed E-state index contributed by atoms with van der Waals surface area (Å²) in [4.78, 5) is 34.1. The highest BCUT2D eigenvalue weighted by atomic mass is 16.5. The van der Waals surface area contributed by atoms with E-state index in [0.717, 1.165) is 81.1 Å². The molecular weight excluding hydrogens is 628 g/mol. The van der Waals surface area contributed by atoms with E-state index >= 15 is 0 Å². The van der Waals surface area contributed by atoms with Gasteiger partial charge in [0.1, 0.15) is 36.1 Å². The monoisotopic (exact) mass is 676 g/mol. The molecule has 262 valence electrons. The number of methoxy groups -OCH3 is 2. The van der Waals surface area contributed by atoms with Gasteiger partial charge in [0, 0.05) is 17.3 Å². The Morgan fingerprint density at radius 3 is 1.62 bits per heavy atom. The van der Waals surface area contributed by atoms with Crippen molar-refractivity contribution in [2.24, 2.45) is 0 Å². The fraction of sp³-hybridized carbons (Fsp3) is 0.333. The van der Waals surface area contributed by atoms with Gasteiger partial charge in [-0.3, -0.25) is 0 Å². The second-order valence-electron chi connectivity index (χ2n) is 12.5. The van der Waals surface area contributed by atoms with Crippen LogP contribution in [-0.4, -0.2) is 36.1 Å². The fourth-order valence-electron chi connectivity index (χ4n) is 6.83. The molecule has 0 amide bonds. The Kier molecular flexibility index (Phi) is 12.2. The normalized spacial score (nSPS) is 11.1. The maximum atomic E-state index is 13.6. The van der Waals surface area contributed by atoms with Gasteiger partial charge in [-0.05, 0) is 103 Å². The number of H-pyrrole nitrogens is 2. The molecule has 5 rings (SSSR count). The van der Waals surface area contributed by atoms with Gasteiger partial charge in [0.15, 0.2) is 0 Å². The molecule has 0 atom stereocenters. The molecule has 50 heavy (non-hydrogen) atoms. The van der Waals surface area contributed by atoms with E-state index in [9.17, 15) is 9.59 Å². The lowest BCUT2D eigenvalue weighted by atomic mass is 9.88. The van der Waals surface area contributed by atoms with Crippen molar-refractivity contribution in [3.8, 4) is 11.5 Å². The first-order chi connectivity index (χ1) is 24.3. The molecule has 0 unspecified atom stereocenters. The number of carbonyl (C=O) groups excluding carboxylic acids is 2. The number of nitrogens with one attached hydrogen (secondary N) is 2. The second kappa shape index (κ2) is 16.9. The summed E-state index contributed by atoms with van der Waals surface area (Å²) in [5, 5.41) is 0. The molecule has 2 heterocycles. The molecule has 3 aromatic carbocycles. The number of rotatable bonds is 16. The summed E-state index contributed by atoms with van der Waals surface area (Å²) in [7, 11) is 3.33. The van der Waals surface area contributed by atoms with E-state index in [2.05, 4.69) is 23.8 Å². The van der Waals surface area contributed by atoms with Crippen LogP contribution in [0.25, 0.3) is 0 Å². The largest absolute Gasteiger partial charge is 0.497 e. The van der Waals surface area contributed by atoms with Crippen LogP contribution in [-0.2, 0) is 41.9 Å². The Hall–Kier alpha value is -5.24. The summed E-state index contributed by atoms with van der Waals surface area (Å²) in [6.45, 7) is 8.59. The lowest BCUT2D eigenvalue weighted by Crippen LogP contribution is -2.10. The maximum absolute atomic E-state index is 13.6. The van der Waals surface area contributed by atoms with Crippen molar-refractivity contribution in [3.63, 3.8) is 0 Å². The molecule has 0 bridgehead atoms. The van der Waals surface area contributed by atoms with Gasteiger partial charge >= 0.3 is 11.9 Å². The van der Waals surface area contributed by atoms with E-state index in [1.165, 1.54) is 0 Å². The zero-order valence-electron chi connectivity index (χ0n) is 30.0. The van der Waals surface area contributed by atoms with Crippen molar-refractivity contribution < 1.29 is 28.5 Å². The summed E-state index contributed by atoms with van der Waals surface area (Å²) < 4.78 is 22.7. The van der Waals surface area contributed by atoms with E-state index in [4.69, 9.17) is 18.9 Å².